The highest BCUT2D eigenvalue weighted by Crippen LogP contribution is 2.27. The Balaban J connectivity index is 2.02. The summed E-state index contributed by atoms with van der Waals surface area (Å²) in [6.45, 7) is 0. The number of hydrogen-bond acceptors (Lipinski definition) is 2. The van der Waals surface area contributed by atoms with E-state index in [2.05, 4.69) is 48.5 Å². The van der Waals surface area contributed by atoms with E-state index >= 15 is 0 Å². The molecule has 0 aliphatic rings. The maximum atomic E-state index is 10.0. The SMILES string of the molecule is COc1c(O)cccc1[Si]C(c1ccccc1)c1ccccc1. The van der Waals surface area contributed by atoms with Crippen LogP contribution in [0.2, 0.25) is 0 Å². The molecule has 2 radical (unpaired) electrons. The molecule has 114 valence electrons. The lowest BCUT2D eigenvalue weighted by Gasteiger charge is -2.19. The molecule has 0 atom stereocenters. The van der Waals surface area contributed by atoms with Gasteiger partial charge in [0.2, 0.25) is 0 Å². The van der Waals surface area contributed by atoms with Crippen LogP contribution in [0.1, 0.15) is 16.7 Å². The summed E-state index contributed by atoms with van der Waals surface area (Å²) in [7, 11) is 2.07. The standard InChI is InChI=1S/C20H18O2Si/c1-22-19-17(21)13-8-14-18(19)23-20(15-9-4-2-5-10-15)16-11-6-3-7-12-16/h2-14,20-21H,1H3. The molecular formula is C20H18O2Si. The molecule has 0 aromatic heterocycles. The van der Waals surface area contributed by atoms with Crippen molar-refractivity contribution in [2.75, 3.05) is 7.11 Å². The second kappa shape index (κ2) is 7.16. The molecule has 0 spiro atoms. The number of ether oxygens (including phenoxy) is 1. The van der Waals surface area contributed by atoms with Crippen molar-refractivity contribution in [3.63, 3.8) is 0 Å². The molecule has 2 nitrogen and oxygen atoms in total. The van der Waals surface area contributed by atoms with E-state index < -0.39 is 0 Å². The lowest BCUT2D eigenvalue weighted by molar-refractivity contribution is 0.376. The molecule has 3 rings (SSSR count). The molecule has 0 aliphatic carbocycles. The number of phenols is 1. The Morgan fingerprint density at radius 2 is 1.35 bits per heavy atom. The minimum atomic E-state index is 0.192. The van der Waals surface area contributed by atoms with Crippen LogP contribution < -0.4 is 9.92 Å². The summed E-state index contributed by atoms with van der Waals surface area (Å²) in [5.74, 6) is 0.764. The zero-order valence-electron chi connectivity index (χ0n) is 12.9. The van der Waals surface area contributed by atoms with Gasteiger partial charge in [-0.25, -0.2) is 0 Å². The Bertz CT molecular complexity index is 718. The predicted octanol–water partition coefficient (Wildman–Crippen LogP) is 3.52. The summed E-state index contributed by atoms with van der Waals surface area (Å²) in [6.07, 6.45) is 0. The van der Waals surface area contributed by atoms with Crippen LogP contribution in [0.15, 0.2) is 78.9 Å². The van der Waals surface area contributed by atoms with Gasteiger partial charge >= 0.3 is 0 Å². The highest BCUT2D eigenvalue weighted by atomic mass is 28.2. The van der Waals surface area contributed by atoms with E-state index in [1.807, 2.05) is 24.3 Å². The lowest BCUT2D eigenvalue weighted by Crippen LogP contribution is -2.24. The van der Waals surface area contributed by atoms with Gasteiger partial charge in [0.25, 0.3) is 0 Å². The van der Waals surface area contributed by atoms with Gasteiger partial charge in [-0.15, -0.1) is 0 Å². The molecule has 3 heteroatoms. The molecule has 0 heterocycles. The number of hydrogen-bond donors (Lipinski definition) is 1. The highest BCUT2D eigenvalue weighted by molar-refractivity contribution is 6.57. The number of para-hydroxylation sites is 1. The van der Waals surface area contributed by atoms with E-state index in [0.717, 1.165) is 5.19 Å². The summed E-state index contributed by atoms with van der Waals surface area (Å²) in [4.78, 5) is 0. The van der Waals surface area contributed by atoms with Crippen LogP contribution in [0.4, 0.5) is 0 Å². The van der Waals surface area contributed by atoms with E-state index in [-0.39, 0.29) is 11.3 Å². The molecule has 0 unspecified atom stereocenters. The lowest BCUT2D eigenvalue weighted by atomic mass is 10.0. The minimum absolute atomic E-state index is 0.192. The van der Waals surface area contributed by atoms with Crippen LogP contribution in [0.5, 0.6) is 11.5 Å². The average molecular weight is 318 g/mol. The number of benzene rings is 3. The van der Waals surface area contributed by atoms with Crippen molar-refractivity contribution in [3.05, 3.63) is 90.0 Å². The molecule has 3 aromatic carbocycles. The van der Waals surface area contributed by atoms with Gasteiger partial charge in [0.05, 0.1) is 7.11 Å². The van der Waals surface area contributed by atoms with Gasteiger partial charge in [-0.1, -0.05) is 72.8 Å². The van der Waals surface area contributed by atoms with Gasteiger partial charge in [-0.3, -0.25) is 0 Å². The summed E-state index contributed by atoms with van der Waals surface area (Å²) in [5.41, 5.74) is 2.78. The number of aromatic hydroxyl groups is 1. The molecule has 0 bridgehead atoms. The summed E-state index contributed by atoms with van der Waals surface area (Å²) in [5, 5.41) is 11.1. The smallest absolute Gasteiger partial charge is 0.159 e. The average Bonchev–Trinajstić information content (AvgIpc) is 2.61. The van der Waals surface area contributed by atoms with Crippen molar-refractivity contribution in [1.82, 2.24) is 0 Å². The van der Waals surface area contributed by atoms with Gasteiger partial charge in [-0.05, 0) is 22.4 Å². The number of phenolic OH excluding ortho intramolecular Hbond substituents is 1. The Labute approximate surface area is 139 Å². The Hall–Kier alpha value is -2.52. The zero-order chi connectivity index (χ0) is 16.1. The molecule has 1 N–H and O–H groups in total. The van der Waals surface area contributed by atoms with Gasteiger partial charge in [0, 0.05) is 5.54 Å². The van der Waals surface area contributed by atoms with E-state index in [9.17, 15) is 5.11 Å². The fraction of sp³-hybridized carbons (Fsp3) is 0.100. The van der Waals surface area contributed by atoms with E-state index in [1.165, 1.54) is 11.1 Å². The Morgan fingerprint density at radius 1 is 0.783 bits per heavy atom. The quantitative estimate of drug-likeness (QED) is 0.729. The van der Waals surface area contributed by atoms with Crippen LogP contribution in [0, 0.1) is 0 Å². The third kappa shape index (κ3) is 3.46. The van der Waals surface area contributed by atoms with Gasteiger partial charge in [0.15, 0.2) is 11.5 Å². The first kappa shape index (κ1) is 15.4. The summed E-state index contributed by atoms with van der Waals surface area (Å²) < 4.78 is 5.41. The first-order valence-corrected chi connectivity index (χ1v) is 8.59. The topological polar surface area (TPSA) is 29.5 Å². The van der Waals surface area contributed by atoms with Gasteiger partial charge < -0.3 is 9.84 Å². The van der Waals surface area contributed by atoms with Crippen molar-refractivity contribution < 1.29 is 9.84 Å². The zero-order valence-corrected chi connectivity index (χ0v) is 13.9. The van der Waals surface area contributed by atoms with Crippen molar-refractivity contribution in [1.29, 1.82) is 0 Å². The maximum Gasteiger partial charge on any atom is 0.159 e. The minimum Gasteiger partial charge on any atom is -0.504 e. The van der Waals surface area contributed by atoms with E-state index in [0.29, 0.717) is 15.3 Å². The summed E-state index contributed by atoms with van der Waals surface area (Å²) in [6, 6.07) is 26.5. The van der Waals surface area contributed by atoms with Gasteiger partial charge in [-0.2, -0.15) is 0 Å². The molecule has 0 saturated carbocycles. The van der Waals surface area contributed by atoms with Crippen LogP contribution in [-0.4, -0.2) is 21.7 Å². The van der Waals surface area contributed by atoms with Crippen molar-refractivity contribution >= 4 is 14.7 Å². The third-order valence-corrected chi connectivity index (χ3v) is 5.42. The first-order chi connectivity index (χ1) is 11.3. The molecule has 0 fully saturated rings. The molecule has 0 saturated heterocycles. The van der Waals surface area contributed by atoms with Crippen LogP contribution >= 0.6 is 0 Å². The van der Waals surface area contributed by atoms with Crippen molar-refractivity contribution in [2.45, 2.75) is 5.54 Å². The van der Waals surface area contributed by atoms with Crippen LogP contribution in [-0.2, 0) is 0 Å². The monoisotopic (exact) mass is 318 g/mol. The fourth-order valence-electron chi connectivity index (χ4n) is 2.66. The first-order valence-electron chi connectivity index (χ1n) is 7.52. The van der Waals surface area contributed by atoms with Crippen LogP contribution in [0.25, 0.3) is 0 Å². The van der Waals surface area contributed by atoms with E-state index in [1.54, 1.807) is 13.2 Å². The third-order valence-electron chi connectivity index (χ3n) is 3.76. The van der Waals surface area contributed by atoms with E-state index in [4.69, 9.17) is 4.74 Å². The van der Waals surface area contributed by atoms with Crippen molar-refractivity contribution in [3.8, 4) is 11.5 Å². The highest BCUT2D eigenvalue weighted by Gasteiger charge is 2.19. The molecule has 23 heavy (non-hydrogen) atoms. The second-order valence-electron chi connectivity index (χ2n) is 5.26. The van der Waals surface area contributed by atoms with Crippen molar-refractivity contribution in [2.24, 2.45) is 0 Å². The normalized spacial score (nSPS) is 10.7. The summed E-state index contributed by atoms with van der Waals surface area (Å²) >= 11 is 0. The fourth-order valence-corrected chi connectivity index (χ4v) is 4.24. The van der Waals surface area contributed by atoms with Gasteiger partial charge in [0.1, 0.15) is 9.52 Å². The Morgan fingerprint density at radius 3 is 1.87 bits per heavy atom. The van der Waals surface area contributed by atoms with Crippen LogP contribution in [0.3, 0.4) is 0 Å². The largest absolute Gasteiger partial charge is 0.504 e. The second-order valence-corrected chi connectivity index (χ2v) is 6.66. The predicted molar refractivity (Wildman–Crippen MR) is 94.8 cm³/mol. The molecule has 0 amide bonds. The maximum absolute atomic E-state index is 10.0. The number of methoxy groups -OCH3 is 1. The molecule has 3 aromatic rings. The Kier molecular flexibility index (Phi) is 4.79. The molecule has 0 aliphatic heterocycles. The number of rotatable bonds is 5. The molecular weight excluding hydrogens is 300 g/mol.